The van der Waals surface area contributed by atoms with E-state index in [0.717, 1.165) is 31.5 Å². The van der Waals surface area contributed by atoms with E-state index in [1.165, 1.54) is 11.1 Å². The van der Waals surface area contributed by atoms with Crippen LogP contribution in [0.15, 0.2) is 30.5 Å². The third kappa shape index (κ3) is 2.63. The normalized spacial score (nSPS) is 18.3. The van der Waals surface area contributed by atoms with Gasteiger partial charge >= 0.3 is 0 Å². The maximum absolute atomic E-state index is 9.55. The number of aryl methyl sites for hydroxylation is 2. The minimum Gasteiger partial charge on any atom is -0.508 e. The molecule has 4 nitrogen and oxygen atoms in total. The number of benzene rings is 1. The lowest BCUT2D eigenvalue weighted by atomic mass is 9.87. The topological polar surface area (TPSA) is 50.1 Å². The van der Waals surface area contributed by atoms with Crippen molar-refractivity contribution in [1.29, 1.82) is 0 Å². The largest absolute Gasteiger partial charge is 0.508 e. The zero-order chi connectivity index (χ0) is 13.2. The minimum absolute atomic E-state index is 0.365. The lowest BCUT2D eigenvalue weighted by molar-refractivity contribution is 0.446. The Kier molecular flexibility index (Phi) is 3.25. The molecule has 0 saturated heterocycles. The van der Waals surface area contributed by atoms with Crippen molar-refractivity contribution in [2.45, 2.75) is 31.8 Å². The summed E-state index contributed by atoms with van der Waals surface area (Å²) in [6.07, 6.45) is 5.33. The SMILES string of the molecule is Cn1ccc(CNC2CCCc3cc(O)ccc32)n1. The molecule has 3 rings (SSSR count). The van der Waals surface area contributed by atoms with Crippen molar-refractivity contribution in [3.63, 3.8) is 0 Å². The smallest absolute Gasteiger partial charge is 0.115 e. The second kappa shape index (κ2) is 5.05. The molecule has 1 atom stereocenters. The Balaban J connectivity index is 1.73. The maximum Gasteiger partial charge on any atom is 0.115 e. The van der Waals surface area contributed by atoms with Crippen molar-refractivity contribution < 1.29 is 5.11 Å². The fraction of sp³-hybridized carbons (Fsp3) is 0.400. The van der Waals surface area contributed by atoms with Crippen LogP contribution in [-0.2, 0) is 20.0 Å². The molecule has 0 amide bonds. The molecule has 0 saturated carbocycles. The van der Waals surface area contributed by atoms with Crippen LogP contribution in [0.3, 0.4) is 0 Å². The average Bonchev–Trinajstić information content (AvgIpc) is 2.81. The van der Waals surface area contributed by atoms with E-state index in [9.17, 15) is 5.11 Å². The molecule has 0 spiro atoms. The van der Waals surface area contributed by atoms with Crippen molar-refractivity contribution >= 4 is 0 Å². The van der Waals surface area contributed by atoms with Gasteiger partial charge in [0.05, 0.1) is 5.69 Å². The van der Waals surface area contributed by atoms with Gasteiger partial charge in [0.2, 0.25) is 0 Å². The van der Waals surface area contributed by atoms with Gasteiger partial charge < -0.3 is 10.4 Å². The fourth-order valence-corrected chi connectivity index (χ4v) is 2.80. The van der Waals surface area contributed by atoms with E-state index in [1.54, 1.807) is 6.07 Å². The number of aromatic hydroxyl groups is 1. The first-order valence-corrected chi connectivity index (χ1v) is 6.76. The summed E-state index contributed by atoms with van der Waals surface area (Å²) in [6, 6.07) is 8.11. The molecule has 1 heterocycles. The Morgan fingerprint density at radius 2 is 2.32 bits per heavy atom. The quantitative estimate of drug-likeness (QED) is 0.887. The summed E-state index contributed by atoms with van der Waals surface area (Å²) in [5.74, 6) is 0.365. The number of hydrogen-bond acceptors (Lipinski definition) is 3. The Morgan fingerprint density at radius 1 is 1.42 bits per heavy atom. The summed E-state index contributed by atoms with van der Waals surface area (Å²) in [4.78, 5) is 0. The Bertz CT molecular complexity index is 577. The van der Waals surface area contributed by atoms with E-state index in [2.05, 4.69) is 10.4 Å². The number of aromatic nitrogens is 2. The number of hydrogen-bond donors (Lipinski definition) is 2. The minimum atomic E-state index is 0.365. The van der Waals surface area contributed by atoms with Crippen LogP contribution in [0.4, 0.5) is 0 Å². The van der Waals surface area contributed by atoms with Crippen LogP contribution in [0.2, 0.25) is 0 Å². The van der Waals surface area contributed by atoms with Crippen LogP contribution in [-0.4, -0.2) is 14.9 Å². The molecule has 1 aliphatic rings. The number of nitrogens with one attached hydrogen (secondary N) is 1. The highest BCUT2D eigenvalue weighted by atomic mass is 16.3. The summed E-state index contributed by atoms with van der Waals surface area (Å²) in [7, 11) is 1.93. The second-order valence-corrected chi connectivity index (χ2v) is 5.19. The molecule has 1 aromatic heterocycles. The van der Waals surface area contributed by atoms with Gasteiger partial charge in [0.15, 0.2) is 0 Å². The third-order valence-electron chi connectivity index (χ3n) is 3.74. The van der Waals surface area contributed by atoms with E-state index < -0.39 is 0 Å². The summed E-state index contributed by atoms with van der Waals surface area (Å²) in [5, 5.41) is 17.5. The van der Waals surface area contributed by atoms with E-state index in [1.807, 2.05) is 36.1 Å². The molecule has 0 radical (unpaired) electrons. The Hall–Kier alpha value is -1.81. The van der Waals surface area contributed by atoms with Crippen LogP contribution < -0.4 is 5.32 Å². The average molecular weight is 257 g/mol. The van der Waals surface area contributed by atoms with Gasteiger partial charge in [-0.2, -0.15) is 5.10 Å². The monoisotopic (exact) mass is 257 g/mol. The molecule has 19 heavy (non-hydrogen) atoms. The first kappa shape index (κ1) is 12.2. The van der Waals surface area contributed by atoms with Crippen molar-refractivity contribution in [1.82, 2.24) is 15.1 Å². The number of rotatable bonds is 3. The van der Waals surface area contributed by atoms with E-state index in [-0.39, 0.29) is 0 Å². The predicted molar refractivity (Wildman–Crippen MR) is 73.8 cm³/mol. The summed E-state index contributed by atoms with van der Waals surface area (Å²) in [5.41, 5.74) is 3.65. The van der Waals surface area contributed by atoms with Crippen molar-refractivity contribution in [3.8, 4) is 5.75 Å². The molecule has 1 aliphatic carbocycles. The number of phenols is 1. The Labute approximate surface area is 113 Å². The molecular weight excluding hydrogens is 238 g/mol. The lowest BCUT2D eigenvalue weighted by Gasteiger charge is -2.26. The molecule has 4 heteroatoms. The highest BCUT2D eigenvalue weighted by Gasteiger charge is 2.20. The molecule has 2 aromatic rings. The van der Waals surface area contributed by atoms with E-state index >= 15 is 0 Å². The molecular formula is C15H19N3O. The van der Waals surface area contributed by atoms with Crippen molar-refractivity contribution in [2.75, 3.05) is 0 Å². The standard InChI is InChI=1S/C15H19N3O/c1-18-8-7-12(17-18)10-16-15-4-2-3-11-9-13(19)5-6-14(11)15/h5-9,15-16,19H,2-4,10H2,1H3. The summed E-state index contributed by atoms with van der Waals surface area (Å²) >= 11 is 0. The van der Waals surface area contributed by atoms with Gasteiger partial charge in [-0.25, -0.2) is 0 Å². The van der Waals surface area contributed by atoms with Gasteiger partial charge in [-0.15, -0.1) is 0 Å². The molecule has 0 bridgehead atoms. The van der Waals surface area contributed by atoms with E-state index in [0.29, 0.717) is 11.8 Å². The van der Waals surface area contributed by atoms with Crippen LogP contribution in [0.25, 0.3) is 0 Å². The highest BCUT2D eigenvalue weighted by molar-refractivity contribution is 5.38. The molecule has 1 aromatic carbocycles. The lowest BCUT2D eigenvalue weighted by Crippen LogP contribution is -2.25. The number of fused-ring (bicyclic) bond motifs is 1. The maximum atomic E-state index is 9.55. The van der Waals surface area contributed by atoms with Crippen molar-refractivity contribution in [2.24, 2.45) is 7.05 Å². The summed E-state index contributed by atoms with van der Waals surface area (Å²) in [6.45, 7) is 0.784. The fourth-order valence-electron chi connectivity index (χ4n) is 2.80. The Morgan fingerprint density at radius 3 is 3.11 bits per heavy atom. The molecule has 100 valence electrons. The van der Waals surface area contributed by atoms with Gasteiger partial charge in [0, 0.05) is 25.8 Å². The first-order valence-electron chi connectivity index (χ1n) is 6.76. The molecule has 0 fully saturated rings. The van der Waals surface area contributed by atoms with Crippen molar-refractivity contribution in [3.05, 3.63) is 47.3 Å². The van der Waals surface area contributed by atoms with Gasteiger partial charge in [0.25, 0.3) is 0 Å². The zero-order valence-electron chi connectivity index (χ0n) is 11.1. The van der Waals surface area contributed by atoms with Gasteiger partial charge in [0.1, 0.15) is 5.75 Å². The predicted octanol–water partition coefficient (Wildman–Crippen LogP) is 2.29. The van der Waals surface area contributed by atoms with Gasteiger partial charge in [-0.1, -0.05) is 6.07 Å². The van der Waals surface area contributed by atoms with Gasteiger partial charge in [-0.3, -0.25) is 4.68 Å². The highest BCUT2D eigenvalue weighted by Crippen LogP contribution is 2.31. The summed E-state index contributed by atoms with van der Waals surface area (Å²) < 4.78 is 1.82. The van der Waals surface area contributed by atoms with Crippen LogP contribution in [0, 0.1) is 0 Å². The second-order valence-electron chi connectivity index (χ2n) is 5.19. The first-order chi connectivity index (χ1) is 9.22. The molecule has 1 unspecified atom stereocenters. The van der Waals surface area contributed by atoms with Crippen LogP contribution >= 0.6 is 0 Å². The molecule has 0 aliphatic heterocycles. The van der Waals surface area contributed by atoms with Crippen LogP contribution in [0.1, 0.15) is 35.7 Å². The van der Waals surface area contributed by atoms with Gasteiger partial charge in [-0.05, 0) is 48.6 Å². The molecule has 2 N–H and O–H groups in total. The number of phenolic OH excluding ortho intramolecular Hbond substituents is 1. The zero-order valence-corrected chi connectivity index (χ0v) is 11.1. The number of nitrogens with zero attached hydrogens (tertiary/aromatic N) is 2. The van der Waals surface area contributed by atoms with E-state index in [4.69, 9.17) is 0 Å². The third-order valence-corrected chi connectivity index (χ3v) is 3.74. The van der Waals surface area contributed by atoms with Crippen LogP contribution in [0.5, 0.6) is 5.75 Å².